The Bertz CT molecular complexity index is 437. The molecule has 0 atom stereocenters. The van der Waals surface area contributed by atoms with Gasteiger partial charge in [-0.05, 0) is 60.8 Å². The van der Waals surface area contributed by atoms with Crippen molar-refractivity contribution in [2.75, 3.05) is 19.6 Å². The zero-order valence-corrected chi connectivity index (χ0v) is 15.8. The molecule has 2 N–H and O–H groups in total. The highest BCUT2D eigenvalue weighted by molar-refractivity contribution is 5.68. The van der Waals surface area contributed by atoms with E-state index in [2.05, 4.69) is 5.32 Å². The van der Waals surface area contributed by atoms with Crippen LogP contribution >= 0.6 is 0 Å². The molecule has 0 aliphatic carbocycles. The number of hydrogen-bond donors (Lipinski definition) is 2. The van der Waals surface area contributed by atoms with Gasteiger partial charge in [-0.1, -0.05) is 0 Å². The van der Waals surface area contributed by atoms with E-state index in [1.807, 2.05) is 20.8 Å². The summed E-state index contributed by atoms with van der Waals surface area (Å²) in [6.07, 6.45) is 0.507. The van der Waals surface area contributed by atoms with Gasteiger partial charge in [0.15, 0.2) is 0 Å². The molecule has 7 heteroatoms. The van der Waals surface area contributed by atoms with E-state index >= 15 is 0 Å². The quantitative estimate of drug-likeness (QED) is 0.822. The van der Waals surface area contributed by atoms with Crippen molar-refractivity contribution in [3.8, 4) is 0 Å². The zero-order valence-electron chi connectivity index (χ0n) is 15.8. The summed E-state index contributed by atoms with van der Waals surface area (Å²) in [7, 11) is 0. The van der Waals surface area contributed by atoms with Crippen LogP contribution in [0.3, 0.4) is 0 Å². The number of carbonyl (C=O) groups is 2. The topological polar surface area (TPSA) is 88.1 Å². The molecule has 1 heterocycles. The van der Waals surface area contributed by atoms with E-state index in [9.17, 15) is 14.7 Å². The molecule has 1 rings (SSSR count). The van der Waals surface area contributed by atoms with Gasteiger partial charge in [-0.15, -0.1) is 0 Å². The third-order valence-corrected chi connectivity index (χ3v) is 3.60. The van der Waals surface area contributed by atoms with Crippen molar-refractivity contribution < 1.29 is 24.2 Å². The van der Waals surface area contributed by atoms with Crippen molar-refractivity contribution in [1.29, 1.82) is 0 Å². The minimum absolute atomic E-state index is 0.331. The Morgan fingerprint density at radius 3 is 2.00 bits per heavy atom. The standard InChI is InChI=1S/C17H32N2O5/c1-15(2,3)23-13(20)18-10-7-17(22)8-11-19(12-9-17)14(21)24-16(4,5)6/h22H,7-12H2,1-6H3,(H,18,20). The molecule has 0 spiro atoms. The van der Waals surface area contributed by atoms with Gasteiger partial charge in [0, 0.05) is 19.6 Å². The Kier molecular flexibility index (Phi) is 6.50. The number of nitrogens with one attached hydrogen (secondary N) is 1. The Hall–Kier alpha value is -1.50. The second kappa shape index (κ2) is 7.59. The second-order valence-corrected chi connectivity index (χ2v) is 8.37. The van der Waals surface area contributed by atoms with Crippen molar-refractivity contribution in [2.24, 2.45) is 0 Å². The first-order valence-electron chi connectivity index (χ1n) is 8.47. The minimum Gasteiger partial charge on any atom is -0.444 e. The SMILES string of the molecule is CC(C)(C)OC(=O)NCCC1(O)CCN(C(=O)OC(C)(C)C)CC1. The summed E-state index contributed by atoms with van der Waals surface area (Å²) in [4.78, 5) is 25.2. The highest BCUT2D eigenvalue weighted by Crippen LogP contribution is 2.26. The maximum atomic E-state index is 12.0. The van der Waals surface area contributed by atoms with E-state index in [0.29, 0.717) is 38.9 Å². The summed E-state index contributed by atoms with van der Waals surface area (Å²) in [6.45, 7) is 12.1. The number of alkyl carbamates (subject to hydrolysis) is 1. The largest absolute Gasteiger partial charge is 0.444 e. The first kappa shape index (κ1) is 20.5. The van der Waals surface area contributed by atoms with E-state index in [-0.39, 0.29) is 6.09 Å². The molecule has 0 unspecified atom stereocenters. The monoisotopic (exact) mass is 344 g/mol. The van der Waals surface area contributed by atoms with E-state index in [1.165, 1.54) is 0 Å². The molecule has 0 aromatic heterocycles. The lowest BCUT2D eigenvalue weighted by Crippen LogP contribution is -2.49. The minimum atomic E-state index is -0.881. The molecule has 0 aromatic carbocycles. The summed E-state index contributed by atoms with van der Waals surface area (Å²) >= 11 is 0. The van der Waals surface area contributed by atoms with E-state index in [4.69, 9.17) is 9.47 Å². The molecular weight excluding hydrogens is 312 g/mol. The van der Waals surface area contributed by atoms with Gasteiger partial charge in [0.2, 0.25) is 0 Å². The van der Waals surface area contributed by atoms with Crippen LogP contribution in [-0.2, 0) is 9.47 Å². The first-order valence-corrected chi connectivity index (χ1v) is 8.47. The fourth-order valence-electron chi connectivity index (χ4n) is 2.39. The summed E-state index contributed by atoms with van der Waals surface area (Å²) < 4.78 is 10.5. The van der Waals surface area contributed by atoms with Crippen LogP contribution in [0.25, 0.3) is 0 Å². The van der Waals surface area contributed by atoms with Gasteiger partial charge in [0.05, 0.1) is 5.60 Å². The Balaban J connectivity index is 2.35. The molecule has 2 amide bonds. The summed E-state index contributed by atoms with van der Waals surface area (Å²) in [5.41, 5.74) is -1.95. The summed E-state index contributed by atoms with van der Waals surface area (Å²) in [6, 6.07) is 0. The Labute approximate surface area is 144 Å². The van der Waals surface area contributed by atoms with Gasteiger partial charge in [-0.2, -0.15) is 0 Å². The molecule has 1 fully saturated rings. The fourth-order valence-corrected chi connectivity index (χ4v) is 2.39. The van der Waals surface area contributed by atoms with Crippen molar-refractivity contribution in [3.63, 3.8) is 0 Å². The smallest absolute Gasteiger partial charge is 0.410 e. The first-order chi connectivity index (χ1) is 10.8. The normalized spacial score (nSPS) is 18.0. The van der Waals surface area contributed by atoms with Crippen LogP contribution in [0.5, 0.6) is 0 Å². The van der Waals surface area contributed by atoms with Crippen molar-refractivity contribution in [1.82, 2.24) is 10.2 Å². The number of carbonyl (C=O) groups excluding carboxylic acids is 2. The van der Waals surface area contributed by atoms with Crippen LogP contribution in [0.1, 0.15) is 60.8 Å². The number of nitrogens with zero attached hydrogens (tertiary/aromatic N) is 1. The molecule has 1 saturated heterocycles. The number of rotatable bonds is 3. The third kappa shape index (κ3) is 7.86. The molecule has 0 bridgehead atoms. The number of amides is 2. The molecule has 0 radical (unpaired) electrons. The lowest BCUT2D eigenvalue weighted by molar-refractivity contribution is -0.0361. The average Bonchev–Trinajstić information content (AvgIpc) is 2.34. The lowest BCUT2D eigenvalue weighted by atomic mass is 9.88. The van der Waals surface area contributed by atoms with Crippen LogP contribution in [0.15, 0.2) is 0 Å². The summed E-state index contributed by atoms with van der Waals surface area (Å²) in [5, 5.41) is 13.2. The van der Waals surface area contributed by atoms with Crippen LogP contribution in [0.2, 0.25) is 0 Å². The molecule has 0 aromatic rings. The lowest BCUT2D eigenvalue weighted by Gasteiger charge is -2.38. The molecule has 24 heavy (non-hydrogen) atoms. The Morgan fingerprint density at radius 1 is 1.04 bits per heavy atom. The predicted octanol–water partition coefficient (Wildman–Crippen LogP) is 2.66. The van der Waals surface area contributed by atoms with Gasteiger partial charge in [-0.25, -0.2) is 9.59 Å². The highest BCUT2D eigenvalue weighted by Gasteiger charge is 2.35. The second-order valence-electron chi connectivity index (χ2n) is 8.37. The van der Waals surface area contributed by atoms with Gasteiger partial charge >= 0.3 is 12.2 Å². The molecule has 0 saturated carbocycles. The van der Waals surface area contributed by atoms with Gasteiger partial charge in [0.1, 0.15) is 11.2 Å². The zero-order chi connectivity index (χ0) is 18.6. The Morgan fingerprint density at radius 2 is 1.54 bits per heavy atom. The van der Waals surface area contributed by atoms with Crippen molar-refractivity contribution in [2.45, 2.75) is 77.6 Å². The fraction of sp³-hybridized carbons (Fsp3) is 0.882. The molecular formula is C17H32N2O5. The molecule has 140 valence electrons. The number of hydrogen-bond acceptors (Lipinski definition) is 5. The predicted molar refractivity (Wildman–Crippen MR) is 90.8 cm³/mol. The number of aliphatic hydroxyl groups is 1. The van der Waals surface area contributed by atoms with E-state index in [1.54, 1.807) is 25.7 Å². The van der Waals surface area contributed by atoms with E-state index < -0.39 is 22.9 Å². The van der Waals surface area contributed by atoms with Crippen LogP contribution < -0.4 is 5.32 Å². The van der Waals surface area contributed by atoms with Crippen molar-refractivity contribution in [3.05, 3.63) is 0 Å². The highest BCUT2D eigenvalue weighted by atomic mass is 16.6. The average molecular weight is 344 g/mol. The van der Waals surface area contributed by atoms with Gasteiger partial charge in [0.25, 0.3) is 0 Å². The third-order valence-electron chi connectivity index (χ3n) is 3.60. The van der Waals surface area contributed by atoms with Gasteiger partial charge in [-0.3, -0.25) is 0 Å². The number of piperidine rings is 1. The van der Waals surface area contributed by atoms with Crippen molar-refractivity contribution >= 4 is 12.2 Å². The molecule has 1 aliphatic rings. The maximum absolute atomic E-state index is 12.0. The van der Waals surface area contributed by atoms with Crippen LogP contribution in [-0.4, -0.2) is 58.6 Å². The molecule has 7 nitrogen and oxygen atoms in total. The number of likely N-dealkylation sites (tertiary alicyclic amines) is 1. The number of ether oxygens (including phenoxy) is 2. The maximum Gasteiger partial charge on any atom is 0.410 e. The summed E-state index contributed by atoms with van der Waals surface area (Å²) in [5.74, 6) is 0. The van der Waals surface area contributed by atoms with E-state index in [0.717, 1.165) is 0 Å². The van der Waals surface area contributed by atoms with Crippen LogP contribution in [0.4, 0.5) is 9.59 Å². The van der Waals surface area contributed by atoms with Crippen LogP contribution in [0, 0.1) is 0 Å². The van der Waals surface area contributed by atoms with Gasteiger partial charge < -0.3 is 24.8 Å². The molecule has 1 aliphatic heterocycles.